The minimum absolute atomic E-state index is 0.182. The van der Waals surface area contributed by atoms with Crippen LogP contribution in [-0.4, -0.2) is 23.4 Å². The van der Waals surface area contributed by atoms with E-state index in [1.54, 1.807) is 0 Å². The van der Waals surface area contributed by atoms with E-state index in [4.69, 9.17) is 0 Å². The van der Waals surface area contributed by atoms with Gasteiger partial charge in [-0.3, -0.25) is 4.79 Å². The number of benzene rings is 1. The van der Waals surface area contributed by atoms with E-state index < -0.39 is 0 Å². The van der Waals surface area contributed by atoms with Gasteiger partial charge in [0, 0.05) is 28.7 Å². The Kier molecular flexibility index (Phi) is 2.92. The first-order valence-electron chi connectivity index (χ1n) is 6.65. The number of fused-ring (bicyclic) bond motifs is 1. The topological polar surface area (TPSA) is 44.9 Å². The van der Waals surface area contributed by atoms with Crippen molar-refractivity contribution in [3.8, 4) is 0 Å². The number of carbonyl (C=O) groups is 1. The van der Waals surface area contributed by atoms with Crippen molar-refractivity contribution in [2.24, 2.45) is 0 Å². The lowest BCUT2D eigenvalue weighted by molar-refractivity contribution is 0.0992. The molecule has 0 bridgehead atoms. The van der Waals surface area contributed by atoms with Gasteiger partial charge in [0.2, 0.25) is 0 Å². The number of Topliss-reactive ketones (excluding diaryl/α,β-unsaturated/α-hetero) is 1. The average Bonchev–Trinajstić information content (AvgIpc) is 3.12. The molecule has 0 aliphatic heterocycles. The Balaban J connectivity index is 1.89. The molecular formula is C15H18N2O. The van der Waals surface area contributed by atoms with Crippen LogP contribution in [0.1, 0.15) is 35.7 Å². The van der Waals surface area contributed by atoms with Gasteiger partial charge in [0.05, 0.1) is 6.54 Å². The Morgan fingerprint density at radius 2 is 2.28 bits per heavy atom. The SMILES string of the molecule is CCc1cccc2c(C(=O)CNC3CC3)c[nH]c12. The number of aromatic amines is 1. The van der Waals surface area contributed by atoms with E-state index in [1.807, 2.05) is 18.3 Å². The average molecular weight is 242 g/mol. The fraction of sp³-hybridized carbons (Fsp3) is 0.400. The summed E-state index contributed by atoms with van der Waals surface area (Å²) in [5.41, 5.74) is 3.19. The number of carbonyl (C=O) groups excluding carboxylic acids is 1. The molecule has 1 saturated carbocycles. The third kappa shape index (κ3) is 2.06. The highest BCUT2D eigenvalue weighted by molar-refractivity contribution is 6.09. The Morgan fingerprint density at radius 1 is 1.44 bits per heavy atom. The predicted molar refractivity (Wildman–Crippen MR) is 73.0 cm³/mol. The largest absolute Gasteiger partial charge is 0.360 e. The maximum absolute atomic E-state index is 12.2. The van der Waals surface area contributed by atoms with Crippen LogP contribution in [0, 0.1) is 0 Å². The number of aryl methyl sites for hydroxylation is 1. The number of nitrogens with one attached hydrogen (secondary N) is 2. The lowest BCUT2D eigenvalue weighted by atomic mass is 10.0. The molecule has 1 fully saturated rings. The zero-order valence-electron chi connectivity index (χ0n) is 10.6. The maximum atomic E-state index is 12.2. The van der Waals surface area contributed by atoms with Crippen LogP contribution < -0.4 is 5.32 Å². The van der Waals surface area contributed by atoms with Gasteiger partial charge in [0.25, 0.3) is 0 Å². The van der Waals surface area contributed by atoms with Crippen molar-refractivity contribution in [2.75, 3.05) is 6.54 Å². The third-order valence-corrected chi connectivity index (χ3v) is 3.61. The van der Waals surface area contributed by atoms with Gasteiger partial charge in [-0.1, -0.05) is 25.1 Å². The van der Waals surface area contributed by atoms with E-state index in [0.29, 0.717) is 12.6 Å². The van der Waals surface area contributed by atoms with Crippen LogP contribution in [0.4, 0.5) is 0 Å². The van der Waals surface area contributed by atoms with E-state index >= 15 is 0 Å². The summed E-state index contributed by atoms with van der Waals surface area (Å²) in [4.78, 5) is 15.4. The van der Waals surface area contributed by atoms with Crippen molar-refractivity contribution in [3.05, 3.63) is 35.5 Å². The van der Waals surface area contributed by atoms with Gasteiger partial charge < -0.3 is 10.3 Å². The number of hydrogen-bond acceptors (Lipinski definition) is 2. The Labute approximate surface area is 107 Å². The summed E-state index contributed by atoms with van der Waals surface area (Å²) in [7, 11) is 0. The maximum Gasteiger partial charge on any atom is 0.178 e. The molecule has 1 heterocycles. The standard InChI is InChI=1S/C15H18N2O/c1-2-10-4-3-5-12-13(8-17-15(10)12)14(18)9-16-11-6-7-11/h3-5,8,11,16-17H,2,6-7,9H2,1H3. The van der Waals surface area contributed by atoms with Crippen molar-refractivity contribution in [2.45, 2.75) is 32.2 Å². The fourth-order valence-electron chi connectivity index (χ4n) is 2.36. The van der Waals surface area contributed by atoms with Gasteiger partial charge in [-0.15, -0.1) is 0 Å². The van der Waals surface area contributed by atoms with Crippen molar-refractivity contribution in [1.29, 1.82) is 0 Å². The number of para-hydroxylation sites is 1. The normalized spacial score (nSPS) is 15.2. The lowest BCUT2D eigenvalue weighted by Gasteiger charge is -2.02. The van der Waals surface area contributed by atoms with Crippen LogP contribution in [-0.2, 0) is 6.42 Å². The van der Waals surface area contributed by atoms with Gasteiger partial charge in [0.1, 0.15) is 0 Å². The molecular weight excluding hydrogens is 224 g/mol. The van der Waals surface area contributed by atoms with E-state index in [-0.39, 0.29) is 5.78 Å². The Morgan fingerprint density at radius 3 is 3.00 bits per heavy atom. The van der Waals surface area contributed by atoms with Crippen molar-refractivity contribution in [1.82, 2.24) is 10.3 Å². The van der Waals surface area contributed by atoms with Crippen LogP contribution in [0.5, 0.6) is 0 Å². The summed E-state index contributed by atoms with van der Waals surface area (Å²) in [6.45, 7) is 2.58. The molecule has 1 aliphatic carbocycles. The van der Waals surface area contributed by atoms with E-state index in [2.05, 4.69) is 23.3 Å². The van der Waals surface area contributed by atoms with E-state index in [1.165, 1.54) is 18.4 Å². The molecule has 0 radical (unpaired) electrons. The first kappa shape index (κ1) is 11.5. The third-order valence-electron chi connectivity index (χ3n) is 3.61. The molecule has 2 N–H and O–H groups in total. The van der Waals surface area contributed by atoms with Gasteiger partial charge in [-0.2, -0.15) is 0 Å². The summed E-state index contributed by atoms with van der Waals surface area (Å²) >= 11 is 0. The smallest absolute Gasteiger partial charge is 0.178 e. The van der Waals surface area contributed by atoms with Crippen molar-refractivity contribution in [3.63, 3.8) is 0 Å². The Bertz CT molecular complexity index is 581. The van der Waals surface area contributed by atoms with Crippen LogP contribution in [0.3, 0.4) is 0 Å². The zero-order chi connectivity index (χ0) is 12.5. The number of ketones is 1. The first-order valence-corrected chi connectivity index (χ1v) is 6.65. The van der Waals surface area contributed by atoms with Gasteiger partial charge in [-0.25, -0.2) is 0 Å². The van der Waals surface area contributed by atoms with Crippen molar-refractivity contribution >= 4 is 16.7 Å². The number of rotatable bonds is 5. The molecule has 0 amide bonds. The molecule has 0 spiro atoms. The van der Waals surface area contributed by atoms with Gasteiger partial charge >= 0.3 is 0 Å². The van der Waals surface area contributed by atoms with Crippen molar-refractivity contribution < 1.29 is 4.79 Å². The second-order valence-electron chi connectivity index (χ2n) is 4.97. The van der Waals surface area contributed by atoms with Crippen LogP contribution in [0.2, 0.25) is 0 Å². The first-order chi connectivity index (χ1) is 8.79. The minimum Gasteiger partial charge on any atom is -0.360 e. The molecule has 0 unspecified atom stereocenters. The molecule has 0 atom stereocenters. The second kappa shape index (κ2) is 4.58. The lowest BCUT2D eigenvalue weighted by Crippen LogP contribution is -2.24. The monoisotopic (exact) mass is 242 g/mol. The van der Waals surface area contributed by atoms with Crippen LogP contribution in [0.25, 0.3) is 10.9 Å². The number of aromatic nitrogens is 1. The summed E-state index contributed by atoms with van der Waals surface area (Å²) in [5, 5.41) is 4.33. The summed E-state index contributed by atoms with van der Waals surface area (Å²) < 4.78 is 0. The molecule has 1 aliphatic rings. The number of hydrogen-bond donors (Lipinski definition) is 2. The molecule has 3 heteroatoms. The second-order valence-corrected chi connectivity index (χ2v) is 4.97. The van der Waals surface area contributed by atoms with Crippen LogP contribution in [0.15, 0.2) is 24.4 Å². The zero-order valence-corrected chi connectivity index (χ0v) is 10.6. The van der Waals surface area contributed by atoms with E-state index in [0.717, 1.165) is 22.9 Å². The molecule has 94 valence electrons. The van der Waals surface area contributed by atoms with Gasteiger partial charge in [0.15, 0.2) is 5.78 Å². The summed E-state index contributed by atoms with van der Waals surface area (Å²) in [6.07, 6.45) is 5.24. The Hall–Kier alpha value is -1.61. The highest BCUT2D eigenvalue weighted by Crippen LogP contribution is 2.23. The highest BCUT2D eigenvalue weighted by Gasteiger charge is 2.22. The van der Waals surface area contributed by atoms with Gasteiger partial charge in [-0.05, 0) is 24.8 Å². The molecule has 1 aromatic carbocycles. The molecule has 2 aromatic rings. The highest BCUT2D eigenvalue weighted by atomic mass is 16.1. The quantitative estimate of drug-likeness (QED) is 0.792. The predicted octanol–water partition coefficient (Wildman–Crippen LogP) is 2.67. The van der Waals surface area contributed by atoms with Crippen LogP contribution >= 0.6 is 0 Å². The summed E-state index contributed by atoms with van der Waals surface area (Å²) in [5.74, 6) is 0.182. The summed E-state index contributed by atoms with van der Waals surface area (Å²) in [6, 6.07) is 6.73. The minimum atomic E-state index is 0.182. The van der Waals surface area contributed by atoms with E-state index in [9.17, 15) is 4.79 Å². The molecule has 0 saturated heterocycles. The number of H-pyrrole nitrogens is 1. The molecule has 3 rings (SSSR count). The molecule has 18 heavy (non-hydrogen) atoms. The fourth-order valence-corrected chi connectivity index (χ4v) is 2.36. The molecule has 1 aromatic heterocycles. The molecule has 3 nitrogen and oxygen atoms in total.